The zero-order valence-corrected chi connectivity index (χ0v) is 13.2. The standard InChI is InChI=1S/C11H17BrN4O2S/c1-2-13-11-14-8-9(12)10(15-11)16-4-3-6-19(17,18)7-5-16/h8H,2-7H2,1H3,(H,13,14,15). The van der Waals surface area contributed by atoms with Crippen molar-refractivity contribution in [1.82, 2.24) is 9.97 Å². The summed E-state index contributed by atoms with van der Waals surface area (Å²) in [5.41, 5.74) is 0. The Morgan fingerprint density at radius 3 is 2.95 bits per heavy atom. The highest BCUT2D eigenvalue weighted by Crippen LogP contribution is 2.25. The van der Waals surface area contributed by atoms with Gasteiger partial charge in [0.15, 0.2) is 9.84 Å². The molecule has 0 radical (unpaired) electrons. The lowest BCUT2D eigenvalue weighted by molar-refractivity contribution is 0.597. The number of nitrogens with zero attached hydrogens (tertiary/aromatic N) is 3. The molecular weight excluding hydrogens is 332 g/mol. The lowest BCUT2D eigenvalue weighted by atomic mass is 10.4. The smallest absolute Gasteiger partial charge is 0.224 e. The van der Waals surface area contributed by atoms with Crippen molar-refractivity contribution in [3.8, 4) is 0 Å². The van der Waals surface area contributed by atoms with Gasteiger partial charge in [-0.05, 0) is 29.3 Å². The topological polar surface area (TPSA) is 75.2 Å². The Bertz CT molecular complexity index is 550. The molecule has 2 rings (SSSR count). The number of hydrogen-bond acceptors (Lipinski definition) is 6. The van der Waals surface area contributed by atoms with E-state index in [2.05, 4.69) is 31.2 Å². The van der Waals surface area contributed by atoms with Crippen LogP contribution in [0.5, 0.6) is 0 Å². The summed E-state index contributed by atoms with van der Waals surface area (Å²) in [6, 6.07) is 0. The van der Waals surface area contributed by atoms with Crippen molar-refractivity contribution >= 4 is 37.5 Å². The number of halogens is 1. The molecular formula is C11H17BrN4O2S. The van der Waals surface area contributed by atoms with E-state index in [-0.39, 0.29) is 11.5 Å². The summed E-state index contributed by atoms with van der Waals surface area (Å²) in [4.78, 5) is 10.6. The number of aromatic nitrogens is 2. The molecule has 1 aromatic heterocycles. The van der Waals surface area contributed by atoms with Gasteiger partial charge in [-0.3, -0.25) is 0 Å². The molecule has 0 atom stereocenters. The highest BCUT2D eigenvalue weighted by molar-refractivity contribution is 9.10. The van der Waals surface area contributed by atoms with E-state index in [1.165, 1.54) is 0 Å². The van der Waals surface area contributed by atoms with Gasteiger partial charge in [0.05, 0.1) is 16.0 Å². The molecule has 0 saturated carbocycles. The maximum absolute atomic E-state index is 11.6. The summed E-state index contributed by atoms with van der Waals surface area (Å²) in [7, 11) is -2.91. The van der Waals surface area contributed by atoms with Crippen molar-refractivity contribution in [3.63, 3.8) is 0 Å². The van der Waals surface area contributed by atoms with E-state index >= 15 is 0 Å². The molecule has 0 bridgehead atoms. The van der Waals surface area contributed by atoms with Crippen LogP contribution in [-0.4, -0.2) is 49.5 Å². The Hall–Kier alpha value is -0.890. The van der Waals surface area contributed by atoms with Gasteiger partial charge >= 0.3 is 0 Å². The SMILES string of the molecule is CCNc1ncc(Br)c(N2CCCS(=O)(=O)CC2)n1. The number of anilines is 2. The molecule has 0 spiro atoms. The first-order chi connectivity index (χ1) is 9.02. The Morgan fingerprint density at radius 2 is 2.21 bits per heavy atom. The molecule has 2 heterocycles. The average molecular weight is 349 g/mol. The molecule has 19 heavy (non-hydrogen) atoms. The van der Waals surface area contributed by atoms with Crippen LogP contribution in [0, 0.1) is 0 Å². The summed E-state index contributed by atoms with van der Waals surface area (Å²) >= 11 is 3.43. The molecule has 0 amide bonds. The van der Waals surface area contributed by atoms with Gasteiger partial charge in [-0.1, -0.05) is 0 Å². The molecule has 1 saturated heterocycles. The van der Waals surface area contributed by atoms with Gasteiger partial charge in [0.25, 0.3) is 0 Å². The van der Waals surface area contributed by atoms with Crippen LogP contribution in [0.15, 0.2) is 10.7 Å². The number of nitrogens with one attached hydrogen (secondary N) is 1. The van der Waals surface area contributed by atoms with E-state index in [0.717, 1.165) is 16.8 Å². The van der Waals surface area contributed by atoms with Crippen LogP contribution in [-0.2, 0) is 9.84 Å². The Kier molecular flexibility index (Phi) is 4.62. The van der Waals surface area contributed by atoms with Crippen molar-refractivity contribution in [2.45, 2.75) is 13.3 Å². The minimum absolute atomic E-state index is 0.181. The maximum Gasteiger partial charge on any atom is 0.224 e. The lowest BCUT2D eigenvalue weighted by Crippen LogP contribution is -2.28. The van der Waals surface area contributed by atoms with Crippen LogP contribution < -0.4 is 10.2 Å². The third-order valence-electron chi connectivity index (χ3n) is 2.92. The molecule has 6 nitrogen and oxygen atoms in total. The zero-order valence-electron chi connectivity index (χ0n) is 10.8. The van der Waals surface area contributed by atoms with Crippen LogP contribution in [0.1, 0.15) is 13.3 Å². The van der Waals surface area contributed by atoms with Crippen molar-refractivity contribution in [2.75, 3.05) is 41.4 Å². The first kappa shape index (κ1) is 14.5. The monoisotopic (exact) mass is 348 g/mol. The highest BCUT2D eigenvalue weighted by Gasteiger charge is 2.21. The van der Waals surface area contributed by atoms with E-state index < -0.39 is 9.84 Å². The van der Waals surface area contributed by atoms with Crippen molar-refractivity contribution in [1.29, 1.82) is 0 Å². The van der Waals surface area contributed by atoms with E-state index in [9.17, 15) is 8.42 Å². The van der Waals surface area contributed by atoms with Crippen LogP contribution in [0.4, 0.5) is 11.8 Å². The minimum Gasteiger partial charge on any atom is -0.354 e. The van der Waals surface area contributed by atoms with Gasteiger partial charge in [0.1, 0.15) is 5.82 Å². The van der Waals surface area contributed by atoms with Crippen molar-refractivity contribution in [3.05, 3.63) is 10.7 Å². The number of hydrogen-bond donors (Lipinski definition) is 1. The molecule has 1 aromatic rings. The summed E-state index contributed by atoms with van der Waals surface area (Å²) in [5.74, 6) is 1.75. The van der Waals surface area contributed by atoms with Crippen LogP contribution in [0.2, 0.25) is 0 Å². The summed E-state index contributed by atoms with van der Waals surface area (Å²) < 4.78 is 24.0. The molecule has 1 N–H and O–H groups in total. The van der Waals surface area contributed by atoms with Crippen molar-refractivity contribution < 1.29 is 8.42 Å². The molecule has 106 valence electrons. The lowest BCUT2D eigenvalue weighted by Gasteiger charge is -2.22. The molecule has 8 heteroatoms. The molecule has 0 aromatic carbocycles. The number of sulfone groups is 1. The summed E-state index contributed by atoms with van der Waals surface area (Å²) in [6.07, 6.45) is 2.33. The summed E-state index contributed by atoms with van der Waals surface area (Å²) in [6.45, 7) is 3.89. The quantitative estimate of drug-likeness (QED) is 0.887. The molecule has 1 fully saturated rings. The maximum atomic E-state index is 11.6. The normalized spacial score (nSPS) is 18.9. The predicted molar refractivity (Wildman–Crippen MR) is 79.4 cm³/mol. The zero-order chi connectivity index (χ0) is 13.9. The Labute approximate surface area is 121 Å². The largest absolute Gasteiger partial charge is 0.354 e. The van der Waals surface area contributed by atoms with Crippen molar-refractivity contribution in [2.24, 2.45) is 0 Å². The predicted octanol–water partition coefficient (Wildman–Crippen LogP) is 1.30. The first-order valence-corrected chi connectivity index (χ1v) is 8.85. The molecule has 0 unspecified atom stereocenters. The van der Waals surface area contributed by atoms with Gasteiger partial charge in [0.2, 0.25) is 5.95 Å². The van der Waals surface area contributed by atoms with E-state index in [1.54, 1.807) is 6.20 Å². The molecule has 0 aliphatic carbocycles. The van der Waals surface area contributed by atoms with E-state index in [0.29, 0.717) is 25.5 Å². The second-order valence-electron chi connectivity index (χ2n) is 4.39. The second kappa shape index (κ2) is 6.04. The van der Waals surface area contributed by atoms with E-state index in [1.807, 2.05) is 11.8 Å². The number of rotatable bonds is 3. The van der Waals surface area contributed by atoms with Gasteiger partial charge in [-0.15, -0.1) is 0 Å². The Morgan fingerprint density at radius 1 is 1.42 bits per heavy atom. The second-order valence-corrected chi connectivity index (χ2v) is 7.55. The van der Waals surface area contributed by atoms with Crippen LogP contribution in [0.3, 0.4) is 0 Å². The van der Waals surface area contributed by atoms with E-state index in [4.69, 9.17) is 0 Å². The summed E-state index contributed by atoms with van der Waals surface area (Å²) in [5, 5.41) is 3.06. The third kappa shape index (κ3) is 3.79. The highest BCUT2D eigenvalue weighted by atomic mass is 79.9. The van der Waals surface area contributed by atoms with Crippen LogP contribution >= 0.6 is 15.9 Å². The fourth-order valence-electron chi connectivity index (χ4n) is 1.97. The Balaban J connectivity index is 2.23. The molecule has 1 aliphatic rings. The van der Waals surface area contributed by atoms with Crippen LogP contribution in [0.25, 0.3) is 0 Å². The fraction of sp³-hybridized carbons (Fsp3) is 0.636. The van der Waals surface area contributed by atoms with Gasteiger partial charge < -0.3 is 10.2 Å². The molecule has 1 aliphatic heterocycles. The van der Waals surface area contributed by atoms with Gasteiger partial charge in [0, 0.05) is 25.8 Å². The fourth-order valence-corrected chi connectivity index (χ4v) is 3.69. The third-order valence-corrected chi connectivity index (χ3v) is 5.19. The average Bonchev–Trinajstić information content (AvgIpc) is 2.53. The minimum atomic E-state index is -2.91. The van der Waals surface area contributed by atoms with Gasteiger partial charge in [-0.2, -0.15) is 4.98 Å². The first-order valence-electron chi connectivity index (χ1n) is 6.23. The van der Waals surface area contributed by atoms with Gasteiger partial charge in [-0.25, -0.2) is 13.4 Å².